The lowest BCUT2D eigenvalue weighted by atomic mass is 9.98. The third-order valence-corrected chi connectivity index (χ3v) is 3.30. The molecule has 0 radical (unpaired) electrons. The molecule has 0 saturated carbocycles. The molecule has 1 unspecified atom stereocenters. The lowest BCUT2D eigenvalue weighted by molar-refractivity contribution is 0.625. The van der Waals surface area contributed by atoms with Crippen molar-refractivity contribution in [2.45, 2.75) is 5.92 Å². The summed E-state index contributed by atoms with van der Waals surface area (Å²) in [5.41, 5.74) is 7.95. The number of nitrogens with zero attached hydrogens (tertiary/aromatic N) is 1. The second-order valence-electron chi connectivity index (χ2n) is 4.70. The molecule has 0 aliphatic rings. The van der Waals surface area contributed by atoms with Crippen molar-refractivity contribution in [3.63, 3.8) is 0 Å². The highest BCUT2D eigenvalue weighted by Gasteiger charge is 2.12. The van der Waals surface area contributed by atoms with Gasteiger partial charge >= 0.3 is 0 Å². The van der Waals surface area contributed by atoms with Crippen molar-refractivity contribution < 1.29 is 4.39 Å². The van der Waals surface area contributed by atoms with Gasteiger partial charge in [0.15, 0.2) is 0 Å². The van der Waals surface area contributed by atoms with Gasteiger partial charge in [-0.25, -0.2) is 4.39 Å². The molecule has 0 heterocycles. The third-order valence-electron chi connectivity index (χ3n) is 3.30. The van der Waals surface area contributed by atoms with Crippen LogP contribution in [0.1, 0.15) is 11.5 Å². The highest BCUT2D eigenvalue weighted by atomic mass is 19.1. The molecule has 0 bridgehead atoms. The Morgan fingerprint density at radius 1 is 1.11 bits per heavy atom. The molecule has 2 aromatic carbocycles. The minimum atomic E-state index is -0.214. The van der Waals surface area contributed by atoms with E-state index in [1.54, 1.807) is 12.1 Å². The average molecular weight is 258 g/mol. The van der Waals surface area contributed by atoms with Gasteiger partial charge in [-0.1, -0.05) is 36.4 Å². The standard InChI is InChI=1S/C16H19FN2/c1-19(16-9-5-8-15(17)10-16)12-14(11-18)13-6-3-2-4-7-13/h2-10,14H,11-12,18H2,1H3. The lowest BCUT2D eigenvalue weighted by Crippen LogP contribution is -2.28. The molecule has 1 atom stereocenters. The van der Waals surface area contributed by atoms with Gasteiger partial charge in [0.25, 0.3) is 0 Å². The maximum atomic E-state index is 13.2. The molecule has 3 heteroatoms. The van der Waals surface area contributed by atoms with Crippen LogP contribution < -0.4 is 10.6 Å². The summed E-state index contributed by atoms with van der Waals surface area (Å²) < 4.78 is 13.2. The Kier molecular flexibility index (Phi) is 4.53. The molecule has 0 aromatic heterocycles. The zero-order chi connectivity index (χ0) is 13.7. The summed E-state index contributed by atoms with van der Waals surface area (Å²) in [7, 11) is 1.96. The van der Waals surface area contributed by atoms with E-state index in [9.17, 15) is 4.39 Å². The largest absolute Gasteiger partial charge is 0.374 e. The Labute approximate surface area is 113 Å². The summed E-state index contributed by atoms with van der Waals surface area (Å²) >= 11 is 0. The highest BCUT2D eigenvalue weighted by molar-refractivity contribution is 5.46. The Bertz CT molecular complexity index is 513. The van der Waals surface area contributed by atoms with Crippen molar-refractivity contribution in [1.29, 1.82) is 0 Å². The van der Waals surface area contributed by atoms with E-state index >= 15 is 0 Å². The van der Waals surface area contributed by atoms with Gasteiger partial charge in [-0.05, 0) is 23.8 Å². The Morgan fingerprint density at radius 2 is 1.84 bits per heavy atom. The molecular formula is C16H19FN2. The summed E-state index contributed by atoms with van der Waals surface area (Å²) in [5, 5.41) is 0. The number of anilines is 1. The minimum absolute atomic E-state index is 0.214. The van der Waals surface area contributed by atoms with Gasteiger partial charge < -0.3 is 10.6 Å². The summed E-state index contributed by atoms with van der Waals surface area (Å²) in [6.45, 7) is 1.34. The first-order valence-corrected chi connectivity index (χ1v) is 6.42. The fourth-order valence-electron chi connectivity index (χ4n) is 2.19. The van der Waals surface area contributed by atoms with Crippen LogP contribution in [0.25, 0.3) is 0 Å². The third kappa shape index (κ3) is 3.55. The molecule has 100 valence electrons. The van der Waals surface area contributed by atoms with Crippen molar-refractivity contribution in [1.82, 2.24) is 0 Å². The van der Waals surface area contributed by atoms with Gasteiger partial charge in [0.2, 0.25) is 0 Å². The van der Waals surface area contributed by atoms with Crippen LogP contribution in [0.5, 0.6) is 0 Å². The van der Waals surface area contributed by atoms with Crippen molar-refractivity contribution in [3.8, 4) is 0 Å². The van der Waals surface area contributed by atoms with E-state index in [-0.39, 0.29) is 11.7 Å². The molecule has 0 fully saturated rings. The van der Waals surface area contributed by atoms with Crippen LogP contribution >= 0.6 is 0 Å². The number of hydrogen-bond acceptors (Lipinski definition) is 2. The van der Waals surface area contributed by atoms with Crippen LogP contribution in [-0.2, 0) is 0 Å². The van der Waals surface area contributed by atoms with Crippen molar-refractivity contribution in [2.24, 2.45) is 5.73 Å². The van der Waals surface area contributed by atoms with Gasteiger partial charge in [0.05, 0.1) is 0 Å². The fourth-order valence-corrected chi connectivity index (χ4v) is 2.19. The smallest absolute Gasteiger partial charge is 0.125 e. The maximum Gasteiger partial charge on any atom is 0.125 e. The van der Waals surface area contributed by atoms with Gasteiger partial charge in [-0.15, -0.1) is 0 Å². The minimum Gasteiger partial charge on any atom is -0.374 e. The van der Waals surface area contributed by atoms with E-state index in [1.165, 1.54) is 11.6 Å². The van der Waals surface area contributed by atoms with Gasteiger partial charge in [-0.3, -0.25) is 0 Å². The molecule has 2 aromatic rings. The predicted molar refractivity (Wildman–Crippen MR) is 77.9 cm³/mol. The van der Waals surface area contributed by atoms with Gasteiger partial charge in [0.1, 0.15) is 5.82 Å². The molecule has 2 N–H and O–H groups in total. The topological polar surface area (TPSA) is 29.3 Å². The van der Waals surface area contributed by atoms with Crippen molar-refractivity contribution in [2.75, 3.05) is 25.0 Å². The Balaban J connectivity index is 2.10. The molecule has 0 aliphatic heterocycles. The number of likely N-dealkylation sites (N-methyl/N-ethyl adjacent to an activating group) is 1. The number of benzene rings is 2. The Morgan fingerprint density at radius 3 is 2.47 bits per heavy atom. The van der Waals surface area contributed by atoms with E-state index in [0.29, 0.717) is 6.54 Å². The van der Waals surface area contributed by atoms with Crippen molar-refractivity contribution >= 4 is 5.69 Å². The number of rotatable bonds is 5. The quantitative estimate of drug-likeness (QED) is 0.893. The van der Waals surface area contributed by atoms with E-state index in [1.807, 2.05) is 36.2 Å². The number of hydrogen-bond donors (Lipinski definition) is 1. The second kappa shape index (κ2) is 6.34. The Hall–Kier alpha value is -1.87. The second-order valence-corrected chi connectivity index (χ2v) is 4.70. The van der Waals surface area contributed by atoms with Crippen LogP contribution in [0.15, 0.2) is 54.6 Å². The molecule has 19 heavy (non-hydrogen) atoms. The number of halogens is 1. The van der Waals surface area contributed by atoms with Gasteiger partial charge in [-0.2, -0.15) is 0 Å². The lowest BCUT2D eigenvalue weighted by Gasteiger charge is -2.25. The normalized spacial score (nSPS) is 12.2. The predicted octanol–water partition coefficient (Wildman–Crippen LogP) is 3.00. The molecular weight excluding hydrogens is 239 g/mol. The van der Waals surface area contributed by atoms with Crippen LogP contribution in [0, 0.1) is 5.82 Å². The SMILES string of the molecule is CN(CC(CN)c1ccccc1)c1cccc(F)c1. The summed E-state index contributed by atoms with van der Waals surface area (Å²) in [6.07, 6.45) is 0. The molecule has 0 spiro atoms. The molecule has 2 nitrogen and oxygen atoms in total. The summed E-state index contributed by atoms with van der Waals surface area (Å²) in [6, 6.07) is 16.8. The van der Waals surface area contributed by atoms with Crippen LogP contribution in [0.2, 0.25) is 0 Å². The van der Waals surface area contributed by atoms with E-state index in [2.05, 4.69) is 12.1 Å². The molecule has 0 saturated heterocycles. The zero-order valence-corrected chi connectivity index (χ0v) is 11.1. The zero-order valence-electron chi connectivity index (χ0n) is 11.1. The maximum absolute atomic E-state index is 13.2. The van der Waals surface area contributed by atoms with E-state index in [4.69, 9.17) is 5.73 Å². The number of nitrogens with two attached hydrogens (primary N) is 1. The molecule has 2 rings (SSSR count). The first kappa shape index (κ1) is 13.6. The fraction of sp³-hybridized carbons (Fsp3) is 0.250. The summed E-state index contributed by atoms with van der Waals surface area (Å²) in [4.78, 5) is 2.04. The van der Waals surface area contributed by atoms with E-state index < -0.39 is 0 Å². The first-order valence-electron chi connectivity index (χ1n) is 6.42. The first-order chi connectivity index (χ1) is 9.20. The monoisotopic (exact) mass is 258 g/mol. The molecule has 0 aliphatic carbocycles. The average Bonchev–Trinajstić information content (AvgIpc) is 2.45. The molecule has 0 amide bonds. The summed E-state index contributed by atoms with van der Waals surface area (Å²) in [5.74, 6) is 0.0304. The van der Waals surface area contributed by atoms with E-state index in [0.717, 1.165) is 12.2 Å². The van der Waals surface area contributed by atoms with Crippen LogP contribution in [0.4, 0.5) is 10.1 Å². The van der Waals surface area contributed by atoms with Gasteiger partial charge in [0, 0.05) is 31.7 Å². The van der Waals surface area contributed by atoms with Crippen molar-refractivity contribution in [3.05, 3.63) is 66.0 Å². The van der Waals surface area contributed by atoms with Crippen LogP contribution in [0.3, 0.4) is 0 Å². The highest BCUT2D eigenvalue weighted by Crippen LogP contribution is 2.20. The van der Waals surface area contributed by atoms with Crippen LogP contribution in [-0.4, -0.2) is 20.1 Å².